The summed E-state index contributed by atoms with van der Waals surface area (Å²) in [5.74, 6) is 0.964. The molecule has 2 aromatic heterocycles. The molecule has 0 amide bonds. The fourth-order valence-corrected chi connectivity index (χ4v) is 3.26. The smallest absolute Gasteiger partial charge is 0.148 e. The summed E-state index contributed by atoms with van der Waals surface area (Å²) in [6.07, 6.45) is 0. The topological polar surface area (TPSA) is 30.2 Å². The van der Waals surface area contributed by atoms with Gasteiger partial charge in [-0.25, -0.2) is 9.97 Å². The average molecular weight is 283 g/mol. The number of hydrogen-bond acceptors (Lipinski definition) is 2. The Hall–Kier alpha value is -2.94. The Morgan fingerprint density at radius 2 is 1.50 bits per heavy atom. The Morgan fingerprint density at radius 3 is 2.36 bits per heavy atom. The number of imidazole rings is 1. The van der Waals surface area contributed by atoms with Crippen molar-refractivity contribution in [2.24, 2.45) is 0 Å². The summed E-state index contributed by atoms with van der Waals surface area (Å²) in [6.45, 7) is 2.04. The molecule has 0 aliphatic heterocycles. The van der Waals surface area contributed by atoms with Gasteiger partial charge in [0.2, 0.25) is 0 Å². The molecule has 104 valence electrons. The molecule has 3 aromatic carbocycles. The standard InChI is InChI=1S/C19H13N3/c1-12-20-16-9-5-4-8-15(16)19-21-17-10-13-6-2-3-7-14(13)11-18(17)22(12)19/h2-11H,1H3. The van der Waals surface area contributed by atoms with E-state index in [1.807, 2.05) is 25.1 Å². The lowest BCUT2D eigenvalue weighted by Gasteiger charge is -2.05. The zero-order valence-corrected chi connectivity index (χ0v) is 12.1. The van der Waals surface area contributed by atoms with E-state index in [1.165, 1.54) is 10.8 Å². The normalized spacial score (nSPS) is 11.9. The van der Waals surface area contributed by atoms with Crippen molar-refractivity contribution >= 4 is 38.4 Å². The van der Waals surface area contributed by atoms with Gasteiger partial charge in [-0.05, 0) is 42.0 Å². The minimum atomic E-state index is 0.964. The van der Waals surface area contributed by atoms with Crippen LogP contribution in [0.4, 0.5) is 0 Å². The van der Waals surface area contributed by atoms with Crippen molar-refractivity contribution in [3.8, 4) is 0 Å². The number of fused-ring (bicyclic) bond motifs is 6. The van der Waals surface area contributed by atoms with Gasteiger partial charge >= 0.3 is 0 Å². The number of aryl methyl sites for hydroxylation is 1. The highest BCUT2D eigenvalue weighted by molar-refractivity contribution is 6.01. The van der Waals surface area contributed by atoms with Gasteiger partial charge < -0.3 is 0 Å². The zero-order valence-electron chi connectivity index (χ0n) is 12.1. The molecule has 5 rings (SSSR count). The summed E-state index contributed by atoms with van der Waals surface area (Å²) in [4.78, 5) is 9.61. The molecule has 0 saturated heterocycles. The molecule has 0 aliphatic carbocycles. The van der Waals surface area contributed by atoms with Crippen LogP contribution >= 0.6 is 0 Å². The van der Waals surface area contributed by atoms with Gasteiger partial charge in [-0.2, -0.15) is 0 Å². The highest BCUT2D eigenvalue weighted by atomic mass is 15.1. The summed E-state index contributed by atoms with van der Waals surface area (Å²) in [7, 11) is 0. The number of rotatable bonds is 0. The van der Waals surface area contributed by atoms with Crippen LogP contribution in [-0.2, 0) is 0 Å². The third-order valence-electron chi connectivity index (χ3n) is 4.27. The molecular formula is C19H13N3. The molecule has 3 heteroatoms. The minimum absolute atomic E-state index is 0.964. The molecule has 0 saturated carbocycles. The first-order valence-electron chi connectivity index (χ1n) is 7.37. The van der Waals surface area contributed by atoms with E-state index in [4.69, 9.17) is 9.97 Å². The van der Waals surface area contributed by atoms with E-state index in [1.54, 1.807) is 0 Å². The van der Waals surface area contributed by atoms with Crippen LogP contribution in [0.3, 0.4) is 0 Å². The molecule has 2 heterocycles. The van der Waals surface area contributed by atoms with Gasteiger partial charge in [-0.15, -0.1) is 0 Å². The molecule has 0 spiro atoms. The highest BCUT2D eigenvalue weighted by Crippen LogP contribution is 2.27. The lowest BCUT2D eigenvalue weighted by atomic mass is 10.1. The average Bonchev–Trinajstić information content (AvgIpc) is 2.92. The molecule has 0 unspecified atom stereocenters. The van der Waals surface area contributed by atoms with E-state index in [-0.39, 0.29) is 0 Å². The maximum Gasteiger partial charge on any atom is 0.148 e. The van der Waals surface area contributed by atoms with Crippen LogP contribution in [0, 0.1) is 6.92 Å². The predicted octanol–water partition coefficient (Wildman–Crippen LogP) is 4.50. The van der Waals surface area contributed by atoms with Crippen LogP contribution in [0.2, 0.25) is 0 Å². The Labute approximate surface area is 126 Å². The monoisotopic (exact) mass is 283 g/mol. The molecule has 0 aliphatic rings. The zero-order chi connectivity index (χ0) is 14.7. The maximum atomic E-state index is 4.88. The van der Waals surface area contributed by atoms with Gasteiger partial charge in [-0.3, -0.25) is 4.40 Å². The Bertz CT molecular complexity index is 1190. The van der Waals surface area contributed by atoms with Gasteiger partial charge in [-0.1, -0.05) is 36.4 Å². The number of benzene rings is 3. The molecule has 22 heavy (non-hydrogen) atoms. The first-order chi connectivity index (χ1) is 10.8. The second kappa shape index (κ2) is 4.04. The minimum Gasteiger partial charge on any atom is -0.280 e. The maximum absolute atomic E-state index is 4.88. The van der Waals surface area contributed by atoms with E-state index in [9.17, 15) is 0 Å². The molecule has 0 bridgehead atoms. The van der Waals surface area contributed by atoms with Crippen molar-refractivity contribution in [2.45, 2.75) is 6.92 Å². The molecule has 0 atom stereocenters. The van der Waals surface area contributed by atoms with E-state index in [2.05, 4.69) is 46.9 Å². The van der Waals surface area contributed by atoms with Crippen LogP contribution < -0.4 is 0 Å². The second-order valence-corrected chi connectivity index (χ2v) is 5.64. The van der Waals surface area contributed by atoms with Crippen LogP contribution in [0.5, 0.6) is 0 Å². The van der Waals surface area contributed by atoms with E-state index in [0.717, 1.165) is 33.4 Å². The first-order valence-corrected chi connectivity index (χ1v) is 7.37. The van der Waals surface area contributed by atoms with Crippen LogP contribution in [0.1, 0.15) is 5.82 Å². The Morgan fingerprint density at radius 1 is 0.773 bits per heavy atom. The van der Waals surface area contributed by atoms with Crippen molar-refractivity contribution in [2.75, 3.05) is 0 Å². The summed E-state index contributed by atoms with van der Waals surface area (Å²) >= 11 is 0. The van der Waals surface area contributed by atoms with Crippen LogP contribution in [0.15, 0.2) is 60.7 Å². The lowest BCUT2D eigenvalue weighted by Crippen LogP contribution is -1.96. The molecule has 0 N–H and O–H groups in total. The SMILES string of the molecule is Cc1nc2ccccc2c2nc3cc4ccccc4cc3n12. The highest BCUT2D eigenvalue weighted by Gasteiger charge is 2.12. The van der Waals surface area contributed by atoms with E-state index < -0.39 is 0 Å². The predicted molar refractivity (Wildman–Crippen MR) is 90.2 cm³/mol. The second-order valence-electron chi connectivity index (χ2n) is 5.64. The van der Waals surface area contributed by atoms with E-state index >= 15 is 0 Å². The van der Waals surface area contributed by atoms with Crippen molar-refractivity contribution in [1.82, 2.24) is 14.4 Å². The van der Waals surface area contributed by atoms with Crippen molar-refractivity contribution in [3.05, 3.63) is 66.5 Å². The van der Waals surface area contributed by atoms with Gasteiger partial charge in [0.15, 0.2) is 0 Å². The van der Waals surface area contributed by atoms with Gasteiger partial charge in [0, 0.05) is 5.39 Å². The van der Waals surface area contributed by atoms with Gasteiger partial charge in [0.05, 0.1) is 16.6 Å². The van der Waals surface area contributed by atoms with E-state index in [0.29, 0.717) is 0 Å². The molecule has 0 radical (unpaired) electrons. The molecule has 3 nitrogen and oxygen atoms in total. The van der Waals surface area contributed by atoms with Crippen molar-refractivity contribution in [3.63, 3.8) is 0 Å². The van der Waals surface area contributed by atoms with Gasteiger partial charge in [0.25, 0.3) is 0 Å². The summed E-state index contributed by atoms with van der Waals surface area (Å²) in [5, 5.41) is 3.53. The fraction of sp³-hybridized carbons (Fsp3) is 0.0526. The summed E-state index contributed by atoms with van der Waals surface area (Å²) < 4.78 is 2.16. The first kappa shape index (κ1) is 11.7. The third-order valence-corrected chi connectivity index (χ3v) is 4.27. The Balaban J connectivity index is 2.08. The number of hydrogen-bond donors (Lipinski definition) is 0. The van der Waals surface area contributed by atoms with Crippen molar-refractivity contribution in [1.29, 1.82) is 0 Å². The number of nitrogens with zero attached hydrogens (tertiary/aromatic N) is 3. The van der Waals surface area contributed by atoms with Crippen molar-refractivity contribution < 1.29 is 0 Å². The quantitative estimate of drug-likeness (QED) is 0.419. The van der Waals surface area contributed by atoms with Crippen LogP contribution in [-0.4, -0.2) is 14.4 Å². The van der Waals surface area contributed by atoms with Gasteiger partial charge in [0.1, 0.15) is 11.5 Å². The molecular weight excluding hydrogens is 270 g/mol. The third kappa shape index (κ3) is 1.45. The molecule has 5 aromatic rings. The molecule has 0 fully saturated rings. The number of aromatic nitrogens is 3. The largest absolute Gasteiger partial charge is 0.280 e. The number of para-hydroxylation sites is 1. The fourth-order valence-electron chi connectivity index (χ4n) is 3.26. The Kier molecular flexibility index (Phi) is 2.15. The summed E-state index contributed by atoms with van der Waals surface area (Å²) in [6, 6.07) is 20.9. The lowest BCUT2D eigenvalue weighted by molar-refractivity contribution is 1.04. The summed E-state index contributed by atoms with van der Waals surface area (Å²) in [5.41, 5.74) is 4.10. The van der Waals surface area contributed by atoms with Crippen LogP contribution in [0.25, 0.3) is 38.4 Å².